The first-order valence-corrected chi connectivity index (χ1v) is 13.2. The normalized spacial score (nSPS) is 12.8. The first-order chi connectivity index (χ1) is 16.9. The van der Waals surface area contributed by atoms with Gasteiger partial charge in [0.2, 0.25) is 21.8 Å². The monoisotopic (exact) mass is 520 g/mol. The molecule has 0 aliphatic rings. The summed E-state index contributed by atoms with van der Waals surface area (Å²) >= 11 is 0. The molecular weight excluding hydrogens is 488 g/mol. The van der Waals surface area contributed by atoms with E-state index in [0.29, 0.717) is 17.7 Å². The summed E-state index contributed by atoms with van der Waals surface area (Å²) in [4.78, 5) is 38.2. The van der Waals surface area contributed by atoms with Crippen molar-refractivity contribution in [2.45, 2.75) is 45.8 Å². The van der Waals surface area contributed by atoms with Crippen LogP contribution in [0.5, 0.6) is 5.75 Å². The Morgan fingerprint density at radius 3 is 2.31 bits per heavy atom. The zero-order valence-electron chi connectivity index (χ0n) is 21.0. The highest BCUT2D eigenvalue weighted by Gasteiger charge is 2.31. The Balaban J connectivity index is 2.42. The molecule has 2 rings (SSSR count). The van der Waals surface area contributed by atoms with Crippen LogP contribution >= 0.6 is 0 Å². The van der Waals surface area contributed by atoms with Crippen molar-refractivity contribution in [3.63, 3.8) is 0 Å². The number of carbonyl (C=O) groups is 2. The highest BCUT2D eigenvalue weighted by atomic mass is 32.2. The van der Waals surface area contributed by atoms with Crippen LogP contribution in [0.25, 0.3) is 0 Å². The van der Waals surface area contributed by atoms with Gasteiger partial charge >= 0.3 is 0 Å². The van der Waals surface area contributed by atoms with Crippen LogP contribution in [0.15, 0.2) is 48.5 Å². The lowest BCUT2D eigenvalue weighted by Crippen LogP contribution is -2.52. The highest BCUT2D eigenvalue weighted by molar-refractivity contribution is 7.92. The molecule has 0 fully saturated rings. The summed E-state index contributed by atoms with van der Waals surface area (Å²) in [6, 6.07) is 10.9. The van der Waals surface area contributed by atoms with E-state index >= 15 is 0 Å². The third-order valence-electron chi connectivity index (χ3n) is 5.69. The molecule has 2 aromatic rings. The van der Waals surface area contributed by atoms with Crippen molar-refractivity contribution < 1.29 is 27.7 Å². The second-order valence-corrected chi connectivity index (χ2v) is 10.3. The maximum Gasteiger partial charge on any atom is 0.271 e. The first kappa shape index (κ1) is 28.6. The lowest BCUT2D eigenvalue weighted by molar-refractivity contribution is -0.384. The topological polar surface area (TPSA) is 139 Å². The molecule has 36 heavy (non-hydrogen) atoms. The first-order valence-electron chi connectivity index (χ1n) is 11.3. The number of methoxy groups -OCH3 is 1. The van der Waals surface area contributed by atoms with Crippen LogP contribution in [0.4, 0.5) is 11.4 Å². The van der Waals surface area contributed by atoms with Gasteiger partial charge in [-0.15, -0.1) is 0 Å². The van der Waals surface area contributed by atoms with Crippen molar-refractivity contribution in [2.75, 3.05) is 24.2 Å². The fraction of sp³-hybridized carbons (Fsp3) is 0.417. The summed E-state index contributed by atoms with van der Waals surface area (Å²) in [5, 5.41) is 14.0. The number of sulfonamides is 1. The molecule has 0 aliphatic heterocycles. The van der Waals surface area contributed by atoms with E-state index in [1.165, 1.54) is 30.2 Å². The molecule has 2 unspecified atom stereocenters. The minimum absolute atomic E-state index is 0.0267. The average molecular weight is 521 g/mol. The number of nitro benzene ring substituents is 1. The molecule has 0 spiro atoms. The van der Waals surface area contributed by atoms with Crippen molar-refractivity contribution in [1.29, 1.82) is 0 Å². The molecule has 0 saturated heterocycles. The summed E-state index contributed by atoms with van der Waals surface area (Å²) in [5.41, 5.74) is 0.361. The van der Waals surface area contributed by atoms with Gasteiger partial charge in [-0.1, -0.05) is 25.1 Å². The minimum atomic E-state index is -3.99. The Hall–Kier alpha value is -3.67. The summed E-state index contributed by atoms with van der Waals surface area (Å²) in [7, 11) is -2.47. The van der Waals surface area contributed by atoms with E-state index < -0.39 is 33.4 Å². The third kappa shape index (κ3) is 7.67. The van der Waals surface area contributed by atoms with Crippen molar-refractivity contribution in [2.24, 2.45) is 0 Å². The number of nitrogens with zero attached hydrogens (tertiary/aromatic N) is 3. The van der Waals surface area contributed by atoms with E-state index in [1.54, 1.807) is 31.2 Å². The molecule has 0 aliphatic carbocycles. The van der Waals surface area contributed by atoms with Crippen LogP contribution in [0.2, 0.25) is 0 Å². The van der Waals surface area contributed by atoms with Gasteiger partial charge in [-0.3, -0.25) is 24.0 Å². The van der Waals surface area contributed by atoms with Crippen LogP contribution < -0.4 is 14.4 Å². The Morgan fingerprint density at radius 1 is 1.14 bits per heavy atom. The molecule has 1 N–H and O–H groups in total. The predicted molar refractivity (Wildman–Crippen MR) is 136 cm³/mol. The van der Waals surface area contributed by atoms with Gasteiger partial charge < -0.3 is 15.0 Å². The van der Waals surface area contributed by atoms with E-state index in [9.17, 15) is 28.1 Å². The zero-order chi connectivity index (χ0) is 27.0. The van der Waals surface area contributed by atoms with E-state index in [4.69, 9.17) is 4.74 Å². The number of hydrogen-bond donors (Lipinski definition) is 1. The second kappa shape index (κ2) is 12.3. The Morgan fingerprint density at radius 2 is 1.78 bits per heavy atom. The summed E-state index contributed by atoms with van der Waals surface area (Å²) in [6.45, 7) is 4.71. The van der Waals surface area contributed by atoms with E-state index in [-0.39, 0.29) is 29.9 Å². The number of anilines is 1. The molecule has 2 amide bonds. The smallest absolute Gasteiger partial charge is 0.271 e. The second-order valence-electron chi connectivity index (χ2n) is 8.41. The summed E-state index contributed by atoms with van der Waals surface area (Å²) in [5.74, 6) is -0.407. The number of rotatable bonds is 12. The number of amides is 2. The number of hydrogen-bond acceptors (Lipinski definition) is 7. The van der Waals surface area contributed by atoms with Crippen molar-refractivity contribution >= 4 is 33.2 Å². The number of non-ortho nitro benzene ring substituents is 1. The third-order valence-corrected chi connectivity index (χ3v) is 6.83. The van der Waals surface area contributed by atoms with Gasteiger partial charge in [0.15, 0.2) is 0 Å². The molecule has 0 aromatic heterocycles. The minimum Gasteiger partial charge on any atom is -0.497 e. The molecule has 196 valence electrons. The fourth-order valence-corrected chi connectivity index (χ4v) is 4.19. The SMILES string of the molecule is CCC(C)NC(=O)C(C)N(Cc1ccc(OC)cc1)C(=O)CN(c1cccc([N+](=O)[O-])c1)S(C)(=O)=O. The molecular formula is C24H32N4O7S. The summed E-state index contributed by atoms with van der Waals surface area (Å²) < 4.78 is 31.1. The maximum atomic E-state index is 13.5. The number of carbonyl (C=O) groups excluding carboxylic acids is 2. The standard InChI is InChI=1S/C24H32N4O7S/c1-6-17(2)25-24(30)18(3)26(15-19-10-12-22(35-4)13-11-19)23(29)16-27(36(5,33)34)20-8-7-9-21(14-20)28(31)32/h7-14,17-18H,6,15-16H2,1-5H3,(H,25,30). The van der Waals surface area contributed by atoms with Gasteiger partial charge in [-0.25, -0.2) is 8.42 Å². The number of nitro groups is 1. The lowest BCUT2D eigenvalue weighted by atomic mass is 10.1. The average Bonchev–Trinajstić information content (AvgIpc) is 2.84. The van der Waals surface area contributed by atoms with Crippen LogP contribution in [-0.4, -0.2) is 62.0 Å². The quantitative estimate of drug-likeness (QED) is 0.335. The van der Waals surface area contributed by atoms with Crippen molar-refractivity contribution in [3.8, 4) is 5.75 Å². The van der Waals surface area contributed by atoms with Crippen molar-refractivity contribution in [3.05, 3.63) is 64.2 Å². The van der Waals surface area contributed by atoms with Crippen LogP contribution in [-0.2, 0) is 26.2 Å². The predicted octanol–water partition coefficient (Wildman–Crippen LogP) is 2.70. The van der Waals surface area contributed by atoms with Gasteiger partial charge in [0.25, 0.3) is 5.69 Å². The van der Waals surface area contributed by atoms with Gasteiger partial charge in [0.05, 0.1) is 24.0 Å². The van der Waals surface area contributed by atoms with Crippen LogP contribution in [0.1, 0.15) is 32.8 Å². The number of benzene rings is 2. The molecule has 2 aromatic carbocycles. The zero-order valence-corrected chi connectivity index (χ0v) is 21.8. The number of ether oxygens (including phenoxy) is 1. The molecule has 2 atom stereocenters. The molecule has 0 radical (unpaired) electrons. The van der Waals surface area contributed by atoms with E-state index in [2.05, 4.69) is 5.32 Å². The number of nitrogens with one attached hydrogen (secondary N) is 1. The Labute approximate surface area is 211 Å². The van der Waals surface area contributed by atoms with Gasteiger partial charge in [-0.05, 0) is 44.0 Å². The summed E-state index contributed by atoms with van der Waals surface area (Å²) in [6.07, 6.45) is 1.60. The largest absolute Gasteiger partial charge is 0.497 e. The molecule has 12 heteroatoms. The van der Waals surface area contributed by atoms with E-state index in [1.807, 2.05) is 13.8 Å². The highest BCUT2D eigenvalue weighted by Crippen LogP contribution is 2.24. The Kier molecular flexibility index (Phi) is 9.79. The van der Waals surface area contributed by atoms with Crippen molar-refractivity contribution in [1.82, 2.24) is 10.2 Å². The lowest BCUT2D eigenvalue weighted by Gasteiger charge is -2.32. The van der Waals surface area contributed by atoms with Crippen LogP contribution in [0.3, 0.4) is 0 Å². The maximum absolute atomic E-state index is 13.5. The van der Waals surface area contributed by atoms with Gasteiger partial charge in [-0.2, -0.15) is 0 Å². The molecule has 0 bridgehead atoms. The molecule has 11 nitrogen and oxygen atoms in total. The molecule has 0 saturated carbocycles. The van der Waals surface area contributed by atoms with Gasteiger partial charge in [0, 0.05) is 24.7 Å². The molecule has 0 heterocycles. The van der Waals surface area contributed by atoms with Crippen LogP contribution in [0, 0.1) is 10.1 Å². The Bertz CT molecular complexity index is 1190. The fourth-order valence-electron chi connectivity index (χ4n) is 3.35. The van der Waals surface area contributed by atoms with Gasteiger partial charge in [0.1, 0.15) is 18.3 Å². The van der Waals surface area contributed by atoms with E-state index in [0.717, 1.165) is 16.6 Å².